The number of methoxy groups -OCH3 is 1. The first kappa shape index (κ1) is 11.8. The number of hydrogen-bond acceptors (Lipinski definition) is 3. The highest BCUT2D eigenvalue weighted by atomic mass is 32.2. The summed E-state index contributed by atoms with van der Waals surface area (Å²) in [5.41, 5.74) is 0. The SMILES string of the molecule is COc1ccc(SC(C)CNC2CC2)cc1. The quantitative estimate of drug-likeness (QED) is 0.769. The van der Waals surface area contributed by atoms with Crippen LogP contribution in [0.2, 0.25) is 0 Å². The van der Waals surface area contributed by atoms with E-state index in [-0.39, 0.29) is 0 Å². The minimum atomic E-state index is 0.619. The van der Waals surface area contributed by atoms with Crippen LogP contribution in [0.1, 0.15) is 19.8 Å². The Morgan fingerprint density at radius 1 is 1.38 bits per heavy atom. The molecule has 1 aliphatic carbocycles. The molecule has 3 heteroatoms. The smallest absolute Gasteiger partial charge is 0.118 e. The number of thioether (sulfide) groups is 1. The van der Waals surface area contributed by atoms with E-state index < -0.39 is 0 Å². The first-order chi connectivity index (χ1) is 7.78. The third kappa shape index (κ3) is 3.72. The van der Waals surface area contributed by atoms with Gasteiger partial charge in [-0.1, -0.05) is 6.92 Å². The van der Waals surface area contributed by atoms with E-state index in [1.807, 2.05) is 23.9 Å². The van der Waals surface area contributed by atoms with Gasteiger partial charge in [0, 0.05) is 22.7 Å². The predicted octanol–water partition coefficient (Wildman–Crippen LogP) is 2.93. The van der Waals surface area contributed by atoms with Crippen molar-refractivity contribution >= 4 is 11.8 Å². The number of nitrogens with one attached hydrogen (secondary N) is 1. The highest BCUT2D eigenvalue weighted by Gasteiger charge is 2.20. The fourth-order valence-corrected chi connectivity index (χ4v) is 2.49. The fourth-order valence-electron chi connectivity index (χ4n) is 1.55. The molecule has 1 fully saturated rings. The van der Waals surface area contributed by atoms with E-state index >= 15 is 0 Å². The van der Waals surface area contributed by atoms with E-state index in [1.165, 1.54) is 17.7 Å². The molecule has 0 aromatic heterocycles. The largest absolute Gasteiger partial charge is 0.497 e. The Balaban J connectivity index is 1.77. The van der Waals surface area contributed by atoms with Crippen molar-refractivity contribution in [2.75, 3.05) is 13.7 Å². The van der Waals surface area contributed by atoms with Crippen LogP contribution in [0.5, 0.6) is 5.75 Å². The van der Waals surface area contributed by atoms with Gasteiger partial charge in [-0.3, -0.25) is 0 Å². The molecule has 1 aromatic rings. The van der Waals surface area contributed by atoms with Crippen molar-refractivity contribution in [2.45, 2.75) is 36.0 Å². The van der Waals surface area contributed by atoms with Gasteiger partial charge in [-0.15, -0.1) is 11.8 Å². The summed E-state index contributed by atoms with van der Waals surface area (Å²) in [6, 6.07) is 9.08. The second-order valence-corrected chi connectivity index (χ2v) is 5.80. The maximum absolute atomic E-state index is 5.14. The average molecular weight is 237 g/mol. The van der Waals surface area contributed by atoms with Crippen LogP contribution in [0.25, 0.3) is 0 Å². The highest BCUT2D eigenvalue weighted by Crippen LogP contribution is 2.26. The van der Waals surface area contributed by atoms with Gasteiger partial charge in [-0.25, -0.2) is 0 Å². The summed E-state index contributed by atoms with van der Waals surface area (Å²) >= 11 is 1.91. The topological polar surface area (TPSA) is 21.3 Å². The van der Waals surface area contributed by atoms with Gasteiger partial charge in [0.05, 0.1) is 7.11 Å². The van der Waals surface area contributed by atoms with E-state index in [4.69, 9.17) is 4.74 Å². The molecule has 88 valence electrons. The molecule has 0 radical (unpaired) electrons. The summed E-state index contributed by atoms with van der Waals surface area (Å²) in [5, 5.41) is 4.17. The zero-order valence-electron chi connectivity index (χ0n) is 9.90. The second-order valence-electron chi connectivity index (χ2n) is 4.29. The Labute approximate surface area is 102 Å². The molecule has 2 nitrogen and oxygen atoms in total. The molecule has 1 aromatic carbocycles. The maximum atomic E-state index is 5.14. The van der Waals surface area contributed by atoms with Crippen LogP contribution in [0, 0.1) is 0 Å². The Bertz CT molecular complexity index is 321. The molecule has 1 saturated carbocycles. The molecular formula is C13H19NOS. The molecular weight excluding hydrogens is 218 g/mol. The normalized spacial score (nSPS) is 17.1. The van der Waals surface area contributed by atoms with Gasteiger partial charge >= 0.3 is 0 Å². The minimum absolute atomic E-state index is 0.619. The van der Waals surface area contributed by atoms with Crippen molar-refractivity contribution in [1.82, 2.24) is 5.32 Å². The fraction of sp³-hybridized carbons (Fsp3) is 0.538. The molecule has 1 N–H and O–H groups in total. The molecule has 0 amide bonds. The van der Waals surface area contributed by atoms with Crippen molar-refractivity contribution < 1.29 is 4.74 Å². The summed E-state index contributed by atoms with van der Waals surface area (Å²) < 4.78 is 5.14. The molecule has 0 aliphatic heterocycles. The first-order valence-electron chi connectivity index (χ1n) is 5.82. The van der Waals surface area contributed by atoms with Crippen molar-refractivity contribution in [3.63, 3.8) is 0 Å². The van der Waals surface area contributed by atoms with E-state index in [1.54, 1.807) is 7.11 Å². The van der Waals surface area contributed by atoms with E-state index in [0.29, 0.717) is 5.25 Å². The van der Waals surface area contributed by atoms with Crippen LogP contribution in [0.3, 0.4) is 0 Å². The van der Waals surface area contributed by atoms with Crippen LogP contribution in [0.4, 0.5) is 0 Å². The van der Waals surface area contributed by atoms with Crippen LogP contribution in [-0.2, 0) is 0 Å². The van der Waals surface area contributed by atoms with Crippen molar-refractivity contribution in [2.24, 2.45) is 0 Å². The molecule has 2 rings (SSSR count). The third-order valence-corrected chi connectivity index (χ3v) is 3.78. The lowest BCUT2D eigenvalue weighted by Gasteiger charge is -2.12. The molecule has 0 spiro atoms. The van der Waals surface area contributed by atoms with E-state index in [9.17, 15) is 0 Å². The Kier molecular flexibility index (Phi) is 4.13. The van der Waals surface area contributed by atoms with Crippen LogP contribution >= 0.6 is 11.8 Å². The van der Waals surface area contributed by atoms with Crippen LogP contribution in [-0.4, -0.2) is 24.9 Å². The summed E-state index contributed by atoms with van der Waals surface area (Å²) in [6.07, 6.45) is 2.72. The Hall–Kier alpha value is -0.670. The van der Waals surface area contributed by atoms with Crippen molar-refractivity contribution in [1.29, 1.82) is 0 Å². The molecule has 1 aliphatic rings. The summed E-state index contributed by atoms with van der Waals surface area (Å²) in [6.45, 7) is 3.37. The lowest BCUT2D eigenvalue weighted by molar-refractivity contribution is 0.414. The van der Waals surface area contributed by atoms with Gasteiger partial charge in [0.1, 0.15) is 5.75 Å². The van der Waals surface area contributed by atoms with Crippen LogP contribution in [0.15, 0.2) is 29.2 Å². The lowest BCUT2D eigenvalue weighted by atomic mass is 10.3. The van der Waals surface area contributed by atoms with Crippen molar-refractivity contribution in [3.05, 3.63) is 24.3 Å². The molecule has 16 heavy (non-hydrogen) atoms. The molecule has 0 saturated heterocycles. The first-order valence-corrected chi connectivity index (χ1v) is 6.70. The van der Waals surface area contributed by atoms with Crippen LogP contribution < -0.4 is 10.1 Å². The summed E-state index contributed by atoms with van der Waals surface area (Å²) in [7, 11) is 1.70. The number of ether oxygens (including phenoxy) is 1. The zero-order chi connectivity index (χ0) is 11.4. The highest BCUT2D eigenvalue weighted by molar-refractivity contribution is 8.00. The minimum Gasteiger partial charge on any atom is -0.497 e. The standard InChI is InChI=1S/C13H19NOS/c1-10(9-14-11-3-4-11)16-13-7-5-12(15-2)6-8-13/h5-8,10-11,14H,3-4,9H2,1-2H3. The van der Waals surface area contributed by atoms with Gasteiger partial charge in [0.25, 0.3) is 0 Å². The van der Waals surface area contributed by atoms with Gasteiger partial charge < -0.3 is 10.1 Å². The molecule has 1 unspecified atom stereocenters. The maximum Gasteiger partial charge on any atom is 0.118 e. The van der Waals surface area contributed by atoms with Gasteiger partial charge in [0.2, 0.25) is 0 Å². The van der Waals surface area contributed by atoms with Gasteiger partial charge in [-0.05, 0) is 37.1 Å². The zero-order valence-corrected chi connectivity index (χ0v) is 10.7. The van der Waals surface area contributed by atoms with E-state index in [0.717, 1.165) is 18.3 Å². The Morgan fingerprint density at radius 3 is 2.62 bits per heavy atom. The summed E-state index contributed by atoms with van der Waals surface area (Å²) in [5.74, 6) is 0.924. The van der Waals surface area contributed by atoms with Crippen molar-refractivity contribution in [3.8, 4) is 5.75 Å². The monoisotopic (exact) mass is 237 g/mol. The van der Waals surface area contributed by atoms with E-state index in [2.05, 4.69) is 24.4 Å². The molecule has 0 heterocycles. The van der Waals surface area contributed by atoms with Gasteiger partial charge in [0.15, 0.2) is 0 Å². The summed E-state index contributed by atoms with van der Waals surface area (Å²) in [4.78, 5) is 1.31. The third-order valence-electron chi connectivity index (χ3n) is 2.67. The lowest BCUT2D eigenvalue weighted by Crippen LogP contribution is -2.24. The Morgan fingerprint density at radius 2 is 2.06 bits per heavy atom. The molecule has 1 atom stereocenters. The molecule has 0 bridgehead atoms. The predicted molar refractivity (Wildman–Crippen MR) is 69.3 cm³/mol. The number of hydrogen-bond donors (Lipinski definition) is 1. The second kappa shape index (κ2) is 5.60. The number of benzene rings is 1. The average Bonchev–Trinajstić information content (AvgIpc) is 3.11. The van der Waals surface area contributed by atoms with Gasteiger partial charge in [-0.2, -0.15) is 0 Å². The number of rotatable bonds is 6.